The van der Waals surface area contributed by atoms with Gasteiger partial charge >= 0.3 is 0 Å². The lowest BCUT2D eigenvalue weighted by molar-refractivity contribution is 0.391. The Morgan fingerprint density at radius 2 is 2.24 bits per heavy atom. The van der Waals surface area contributed by atoms with E-state index in [1.54, 1.807) is 0 Å². The highest BCUT2D eigenvalue weighted by Crippen LogP contribution is 2.36. The van der Waals surface area contributed by atoms with E-state index in [9.17, 15) is 0 Å². The van der Waals surface area contributed by atoms with Gasteiger partial charge in [0.2, 0.25) is 0 Å². The molecule has 1 aromatic rings. The van der Waals surface area contributed by atoms with Crippen LogP contribution in [0.5, 0.6) is 0 Å². The lowest BCUT2D eigenvalue weighted by atomic mass is 9.93. The molecule has 3 heteroatoms. The topological polar surface area (TPSA) is 24.9 Å². The van der Waals surface area contributed by atoms with E-state index in [0.29, 0.717) is 6.04 Å². The van der Waals surface area contributed by atoms with Gasteiger partial charge in [-0.3, -0.25) is 0 Å². The molecule has 1 fully saturated rings. The van der Waals surface area contributed by atoms with Crippen LogP contribution in [0.25, 0.3) is 0 Å². The van der Waals surface area contributed by atoms with Gasteiger partial charge in [0.25, 0.3) is 0 Å². The van der Waals surface area contributed by atoms with Crippen molar-refractivity contribution in [1.29, 1.82) is 0 Å². The minimum atomic E-state index is 0.575. The summed E-state index contributed by atoms with van der Waals surface area (Å²) >= 11 is 3.58. The van der Waals surface area contributed by atoms with Gasteiger partial charge in [-0.25, -0.2) is 4.98 Å². The number of pyridine rings is 1. The van der Waals surface area contributed by atoms with Gasteiger partial charge < -0.3 is 5.32 Å². The lowest BCUT2D eigenvalue weighted by Gasteiger charge is -2.22. The van der Waals surface area contributed by atoms with Crippen LogP contribution in [0.3, 0.4) is 0 Å². The standard InChI is InChI=1S/C14H21BrN2/c1-4-11-5-6-13(10(11)3)17-14-12(15)7-9(2)8-16-14/h7-8,10-11,13H,4-6H2,1-3H3,(H,16,17). The number of hydrogen-bond donors (Lipinski definition) is 1. The van der Waals surface area contributed by atoms with Crippen molar-refractivity contribution in [3.05, 3.63) is 22.3 Å². The smallest absolute Gasteiger partial charge is 0.140 e. The zero-order valence-corrected chi connectivity index (χ0v) is 12.4. The molecule has 2 rings (SSSR count). The minimum absolute atomic E-state index is 0.575. The first-order valence-electron chi connectivity index (χ1n) is 6.50. The van der Waals surface area contributed by atoms with Crippen molar-refractivity contribution in [1.82, 2.24) is 4.98 Å². The largest absolute Gasteiger partial charge is 0.366 e. The van der Waals surface area contributed by atoms with Crippen LogP contribution in [0.15, 0.2) is 16.7 Å². The van der Waals surface area contributed by atoms with Crippen LogP contribution < -0.4 is 5.32 Å². The van der Waals surface area contributed by atoms with Crippen LogP contribution >= 0.6 is 15.9 Å². The summed E-state index contributed by atoms with van der Waals surface area (Å²) in [7, 11) is 0. The Labute approximate surface area is 112 Å². The normalized spacial score (nSPS) is 28.4. The number of anilines is 1. The fourth-order valence-corrected chi connectivity index (χ4v) is 3.42. The van der Waals surface area contributed by atoms with Gasteiger partial charge in [0, 0.05) is 12.2 Å². The third-order valence-corrected chi connectivity index (χ3v) is 4.66. The summed E-state index contributed by atoms with van der Waals surface area (Å²) in [5.41, 5.74) is 1.19. The molecule has 94 valence electrons. The molecule has 1 aromatic heterocycles. The fourth-order valence-electron chi connectivity index (χ4n) is 2.84. The fraction of sp³-hybridized carbons (Fsp3) is 0.643. The number of halogens is 1. The Morgan fingerprint density at radius 1 is 1.47 bits per heavy atom. The van der Waals surface area contributed by atoms with Crippen LogP contribution in [0, 0.1) is 18.8 Å². The zero-order valence-electron chi connectivity index (χ0n) is 10.8. The third kappa shape index (κ3) is 2.82. The first-order valence-corrected chi connectivity index (χ1v) is 7.29. The molecule has 0 aliphatic heterocycles. The molecule has 1 saturated carbocycles. The van der Waals surface area contributed by atoms with Crippen molar-refractivity contribution in [3.8, 4) is 0 Å². The zero-order chi connectivity index (χ0) is 12.4. The monoisotopic (exact) mass is 296 g/mol. The summed E-state index contributed by atoms with van der Waals surface area (Å²) < 4.78 is 1.07. The molecular weight excluding hydrogens is 276 g/mol. The first kappa shape index (κ1) is 12.9. The van der Waals surface area contributed by atoms with Crippen molar-refractivity contribution in [2.45, 2.75) is 46.1 Å². The Balaban J connectivity index is 2.06. The Morgan fingerprint density at radius 3 is 2.82 bits per heavy atom. The average Bonchev–Trinajstić information content (AvgIpc) is 2.64. The molecule has 0 aromatic carbocycles. The molecule has 0 spiro atoms. The maximum atomic E-state index is 4.47. The summed E-state index contributed by atoms with van der Waals surface area (Å²) in [5, 5.41) is 3.59. The molecule has 1 aliphatic rings. The molecule has 0 radical (unpaired) electrons. The van der Waals surface area contributed by atoms with Crippen molar-refractivity contribution >= 4 is 21.7 Å². The molecule has 1 aliphatic carbocycles. The number of hydrogen-bond acceptors (Lipinski definition) is 2. The summed E-state index contributed by atoms with van der Waals surface area (Å²) in [6.45, 7) is 6.72. The second-order valence-corrected chi connectivity index (χ2v) is 6.05. The third-order valence-electron chi connectivity index (χ3n) is 4.05. The maximum absolute atomic E-state index is 4.47. The van der Waals surface area contributed by atoms with Gasteiger partial charge in [-0.05, 0) is 59.2 Å². The van der Waals surface area contributed by atoms with Crippen molar-refractivity contribution in [2.75, 3.05) is 5.32 Å². The van der Waals surface area contributed by atoms with Crippen LogP contribution in [0.1, 0.15) is 38.7 Å². The summed E-state index contributed by atoms with van der Waals surface area (Å²) in [6, 6.07) is 2.69. The number of nitrogens with zero attached hydrogens (tertiary/aromatic N) is 1. The summed E-state index contributed by atoms with van der Waals surface area (Å²) in [5.74, 6) is 2.61. The Bertz CT molecular complexity index is 392. The van der Waals surface area contributed by atoms with Crippen molar-refractivity contribution < 1.29 is 0 Å². The van der Waals surface area contributed by atoms with Gasteiger partial charge in [0.15, 0.2) is 0 Å². The number of nitrogens with one attached hydrogen (secondary N) is 1. The predicted octanol–water partition coefficient (Wildman–Crippen LogP) is 4.39. The van der Waals surface area contributed by atoms with Gasteiger partial charge in [-0.1, -0.05) is 20.3 Å². The highest BCUT2D eigenvalue weighted by Gasteiger charge is 2.31. The summed E-state index contributed by atoms with van der Waals surface area (Å²) in [4.78, 5) is 4.47. The molecule has 1 N–H and O–H groups in total. The second-order valence-electron chi connectivity index (χ2n) is 5.20. The van der Waals surface area contributed by atoms with E-state index in [1.165, 1.54) is 24.8 Å². The molecule has 0 amide bonds. The molecule has 17 heavy (non-hydrogen) atoms. The van der Waals surface area contributed by atoms with Crippen molar-refractivity contribution in [3.63, 3.8) is 0 Å². The number of aromatic nitrogens is 1. The molecule has 3 atom stereocenters. The van der Waals surface area contributed by atoms with Crippen LogP contribution in [0.4, 0.5) is 5.82 Å². The SMILES string of the molecule is CCC1CCC(Nc2ncc(C)cc2Br)C1C. The van der Waals surface area contributed by atoms with Gasteiger partial charge in [0.05, 0.1) is 4.47 Å². The molecule has 0 bridgehead atoms. The molecule has 1 heterocycles. The van der Waals surface area contributed by atoms with Gasteiger partial charge in [-0.2, -0.15) is 0 Å². The molecule has 2 nitrogen and oxygen atoms in total. The van der Waals surface area contributed by atoms with E-state index >= 15 is 0 Å². The average molecular weight is 297 g/mol. The van der Waals surface area contributed by atoms with E-state index in [0.717, 1.165) is 22.1 Å². The Kier molecular flexibility index (Phi) is 4.08. The van der Waals surface area contributed by atoms with E-state index in [2.05, 4.69) is 53.1 Å². The van der Waals surface area contributed by atoms with E-state index in [1.807, 2.05) is 6.20 Å². The molecule has 0 saturated heterocycles. The highest BCUT2D eigenvalue weighted by molar-refractivity contribution is 9.10. The quantitative estimate of drug-likeness (QED) is 0.895. The van der Waals surface area contributed by atoms with Gasteiger partial charge in [0.1, 0.15) is 5.82 Å². The number of aryl methyl sites for hydroxylation is 1. The lowest BCUT2D eigenvalue weighted by Crippen LogP contribution is -2.25. The van der Waals surface area contributed by atoms with Gasteiger partial charge in [-0.15, -0.1) is 0 Å². The van der Waals surface area contributed by atoms with E-state index in [4.69, 9.17) is 0 Å². The number of rotatable bonds is 3. The van der Waals surface area contributed by atoms with Crippen molar-refractivity contribution in [2.24, 2.45) is 11.8 Å². The van der Waals surface area contributed by atoms with E-state index < -0.39 is 0 Å². The molecule has 3 unspecified atom stereocenters. The summed E-state index contributed by atoms with van der Waals surface area (Å²) in [6.07, 6.45) is 5.83. The Hall–Kier alpha value is -0.570. The van der Waals surface area contributed by atoms with Crippen LogP contribution in [0.2, 0.25) is 0 Å². The predicted molar refractivity (Wildman–Crippen MR) is 76.3 cm³/mol. The highest BCUT2D eigenvalue weighted by atomic mass is 79.9. The van der Waals surface area contributed by atoms with E-state index in [-0.39, 0.29) is 0 Å². The van der Waals surface area contributed by atoms with Crippen LogP contribution in [-0.2, 0) is 0 Å². The maximum Gasteiger partial charge on any atom is 0.140 e. The van der Waals surface area contributed by atoms with Crippen LogP contribution in [-0.4, -0.2) is 11.0 Å². The first-order chi connectivity index (χ1) is 8.11. The second kappa shape index (κ2) is 5.38. The molecular formula is C14H21BrN2. The minimum Gasteiger partial charge on any atom is -0.366 e.